The van der Waals surface area contributed by atoms with E-state index >= 15 is 0 Å². The third-order valence-corrected chi connectivity index (χ3v) is 5.90. The summed E-state index contributed by atoms with van der Waals surface area (Å²) in [4.78, 5) is 22.3. The monoisotopic (exact) mass is 557 g/mol. The molecule has 0 aliphatic rings. The van der Waals surface area contributed by atoms with Crippen LogP contribution in [0.5, 0.6) is 11.5 Å². The van der Waals surface area contributed by atoms with E-state index in [4.69, 9.17) is 10.2 Å². The van der Waals surface area contributed by atoms with Gasteiger partial charge in [-0.15, -0.1) is 11.5 Å². The molecule has 2 aromatic carbocycles. The number of hydrogen-bond donors (Lipinski definition) is 2. The summed E-state index contributed by atoms with van der Waals surface area (Å²) in [7, 11) is 0. The number of aromatic carboxylic acids is 2. The summed E-state index contributed by atoms with van der Waals surface area (Å²) in [6.07, 6.45) is 0. The minimum Gasteiger partial charge on any atom is -0.872 e. The van der Waals surface area contributed by atoms with Gasteiger partial charge in [-0.05, 0) is 68.2 Å². The van der Waals surface area contributed by atoms with Crippen molar-refractivity contribution < 1.29 is 46.8 Å². The number of rotatable bonds is 2. The summed E-state index contributed by atoms with van der Waals surface area (Å²) in [5, 5.41) is 43.2. The first-order chi connectivity index (χ1) is 15.9. The number of benzene rings is 2. The summed E-state index contributed by atoms with van der Waals surface area (Å²) < 4.78 is 0. The number of hydrogen-bond acceptors (Lipinski definition) is 4. The zero-order valence-corrected chi connectivity index (χ0v) is 25.2. The SMILES string of the molecule is CC(C)(C)c1cc(C(=O)O)cc(C(C)(C)C)c1[O-].CC(C)(C)c1cc(C(=O)O)cc(C(C)(C)C)c1[O-].[Co+2]. The van der Waals surface area contributed by atoms with Crippen LogP contribution in [0.1, 0.15) is 126 Å². The van der Waals surface area contributed by atoms with Crippen LogP contribution in [0.25, 0.3) is 0 Å². The van der Waals surface area contributed by atoms with E-state index in [1.54, 1.807) is 0 Å². The quantitative estimate of drug-likeness (QED) is 0.460. The molecule has 0 fully saturated rings. The molecule has 207 valence electrons. The van der Waals surface area contributed by atoms with E-state index in [1.165, 1.54) is 24.3 Å². The van der Waals surface area contributed by atoms with Crippen LogP contribution in [0.15, 0.2) is 24.3 Å². The molecule has 0 saturated carbocycles. The van der Waals surface area contributed by atoms with Crippen LogP contribution in [0.2, 0.25) is 0 Å². The van der Waals surface area contributed by atoms with E-state index < -0.39 is 11.9 Å². The van der Waals surface area contributed by atoms with Gasteiger partial charge in [-0.1, -0.05) is 83.1 Å². The second-order valence-electron chi connectivity index (χ2n) is 13.4. The molecule has 0 aromatic heterocycles. The van der Waals surface area contributed by atoms with Crippen LogP contribution in [0.3, 0.4) is 0 Å². The summed E-state index contributed by atoms with van der Waals surface area (Å²) in [5.74, 6) is -2.07. The number of carboxylic acid groups (broad SMARTS) is 2. The summed E-state index contributed by atoms with van der Waals surface area (Å²) in [5.41, 5.74) is 1.18. The average Bonchev–Trinajstić information content (AvgIpc) is 2.64. The Labute approximate surface area is 232 Å². The molecule has 37 heavy (non-hydrogen) atoms. The molecule has 2 N–H and O–H groups in total. The topological polar surface area (TPSA) is 121 Å². The zero-order valence-electron chi connectivity index (χ0n) is 24.2. The van der Waals surface area contributed by atoms with Gasteiger partial charge in [0.1, 0.15) is 0 Å². The van der Waals surface area contributed by atoms with Gasteiger partial charge in [-0.2, -0.15) is 0 Å². The van der Waals surface area contributed by atoms with Crippen LogP contribution in [-0.2, 0) is 38.4 Å². The van der Waals surface area contributed by atoms with Gasteiger partial charge in [0.2, 0.25) is 0 Å². The van der Waals surface area contributed by atoms with Crippen LogP contribution in [-0.4, -0.2) is 22.2 Å². The molecule has 0 bridgehead atoms. The number of carboxylic acids is 2. The average molecular weight is 558 g/mol. The van der Waals surface area contributed by atoms with E-state index in [-0.39, 0.29) is 61.1 Å². The predicted octanol–water partition coefficient (Wildman–Crippen LogP) is 6.10. The van der Waals surface area contributed by atoms with E-state index in [9.17, 15) is 19.8 Å². The number of carbonyl (C=O) groups is 2. The minimum atomic E-state index is -0.994. The van der Waals surface area contributed by atoms with E-state index in [0.29, 0.717) is 22.3 Å². The maximum atomic E-state index is 12.4. The molecule has 7 heteroatoms. The van der Waals surface area contributed by atoms with Crippen molar-refractivity contribution in [3.8, 4) is 11.5 Å². The largest absolute Gasteiger partial charge is 2.00 e. The molecule has 0 amide bonds. The van der Waals surface area contributed by atoms with Crippen molar-refractivity contribution in [2.45, 2.75) is 105 Å². The van der Waals surface area contributed by atoms with Gasteiger partial charge in [0.05, 0.1) is 11.1 Å². The summed E-state index contributed by atoms with van der Waals surface area (Å²) in [6, 6.07) is 6.00. The fourth-order valence-electron chi connectivity index (χ4n) is 3.73. The fourth-order valence-corrected chi connectivity index (χ4v) is 3.73. The smallest absolute Gasteiger partial charge is 0.872 e. The molecule has 0 aliphatic carbocycles. The Balaban J connectivity index is 0.000000682. The minimum absolute atomic E-state index is 0. The zero-order chi connectivity index (χ0) is 28.6. The van der Waals surface area contributed by atoms with E-state index in [1.807, 2.05) is 83.1 Å². The van der Waals surface area contributed by atoms with E-state index in [2.05, 4.69) is 0 Å². The van der Waals surface area contributed by atoms with Crippen LogP contribution >= 0.6 is 0 Å². The molecule has 0 spiro atoms. The van der Waals surface area contributed by atoms with Crippen LogP contribution in [0.4, 0.5) is 0 Å². The Morgan fingerprint density at radius 2 is 0.676 bits per heavy atom. The maximum absolute atomic E-state index is 12.4. The van der Waals surface area contributed by atoms with E-state index in [0.717, 1.165) is 0 Å². The molecular weight excluding hydrogens is 515 g/mol. The molecular formula is C30H42CoO6. The molecule has 0 atom stereocenters. The Morgan fingerprint density at radius 1 is 0.514 bits per heavy atom. The normalized spacial score (nSPS) is 12.2. The Kier molecular flexibility index (Phi) is 10.7. The van der Waals surface area contributed by atoms with Crippen molar-refractivity contribution >= 4 is 11.9 Å². The van der Waals surface area contributed by atoms with Gasteiger partial charge < -0.3 is 20.4 Å². The third-order valence-electron chi connectivity index (χ3n) is 5.90. The first-order valence-corrected chi connectivity index (χ1v) is 12.1. The van der Waals surface area contributed by atoms with Gasteiger partial charge in [-0.3, -0.25) is 0 Å². The van der Waals surface area contributed by atoms with Crippen LogP contribution in [0, 0.1) is 0 Å². The fraction of sp³-hybridized carbons (Fsp3) is 0.533. The van der Waals surface area contributed by atoms with Crippen molar-refractivity contribution in [3.63, 3.8) is 0 Å². The first-order valence-electron chi connectivity index (χ1n) is 12.1. The van der Waals surface area contributed by atoms with Crippen molar-refractivity contribution in [2.75, 3.05) is 0 Å². The molecule has 2 rings (SSSR count). The third kappa shape index (κ3) is 8.78. The molecule has 6 nitrogen and oxygen atoms in total. The predicted molar refractivity (Wildman–Crippen MR) is 140 cm³/mol. The summed E-state index contributed by atoms with van der Waals surface area (Å²) >= 11 is 0. The van der Waals surface area contributed by atoms with Crippen molar-refractivity contribution in [1.29, 1.82) is 0 Å². The van der Waals surface area contributed by atoms with Crippen LogP contribution < -0.4 is 10.2 Å². The van der Waals surface area contributed by atoms with Gasteiger partial charge in [0.15, 0.2) is 0 Å². The second kappa shape index (κ2) is 11.5. The molecule has 0 aliphatic heterocycles. The Hall–Kier alpha value is -2.51. The first kappa shape index (κ1) is 34.5. The molecule has 2 aromatic rings. The summed E-state index contributed by atoms with van der Waals surface area (Å²) in [6.45, 7) is 23.0. The van der Waals surface area contributed by atoms with Crippen molar-refractivity contribution in [2.24, 2.45) is 0 Å². The van der Waals surface area contributed by atoms with Gasteiger partial charge in [-0.25, -0.2) is 9.59 Å². The van der Waals surface area contributed by atoms with Crippen molar-refractivity contribution in [1.82, 2.24) is 0 Å². The second-order valence-corrected chi connectivity index (χ2v) is 13.4. The van der Waals surface area contributed by atoms with Gasteiger partial charge in [0.25, 0.3) is 0 Å². The molecule has 0 unspecified atom stereocenters. The Morgan fingerprint density at radius 3 is 0.784 bits per heavy atom. The molecule has 1 radical (unpaired) electrons. The van der Waals surface area contributed by atoms with Gasteiger partial charge in [0, 0.05) is 0 Å². The Bertz CT molecular complexity index is 975. The van der Waals surface area contributed by atoms with Gasteiger partial charge >= 0.3 is 28.7 Å². The standard InChI is InChI=1S/2C15H22O3.Co/c2*1-14(2,3)10-7-9(13(17)18)8-11(12(10)16)15(4,5)6;/h2*7-8,16H,1-6H3,(H,17,18);/q;;+2/p-2. The molecule has 0 heterocycles. The molecule has 0 saturated heterocycles. The van der Waals surface area contributed by atoms with Crippen molar-refractivity contribution in [3.05, 3.63) is 57.6 Å². The maximum Gasteiger partial charge on any atom is 2.00 e.